The van der Waals surface area contributed by atoms with Crippen molar-refractivity contribution in [3.05, 3.63) is 58.6 Å². The maximum Gasteiger partial charge on any atom is 0.157 e. The zero-order valence-corrected chi connectivity index (χ0v) is 14.9. The Morgan fingerprint density at radius 3 is 3.04 bits per heavy atom. The van der Waals surface area contributed by atoms with Crippen LogP contribution in [-0.2, 0) is 13.6 Å². The molecular weight excluding hydrogens is 339 g/mol. The molecule has 1 aliphatic rings. The molecule has 3 aromatic rings. The summed E-state index contributed by atoms with van der Waals surface area (Å²) in [5.41, 5.74) is 3.00. The van der Waals surface area contributed by atoms with Gasteiger partial charge in [0, 0.05) is 37.6 Å². The van der Waals surface area contributed by atoms with Crippen LogP contribution in [0.4, 0.5) is 4.39 Å². The zero-order valence-electron chi connectivity index (χ0n) is 14.1. The summed E-state index contributed by atoms with van der Waals surface area (Å²) in [5.74, 6) is 0.0216. The van der Waals surface area contributed by atoms with E-state index in [1.165, 1.54) is 6.07 Å². The maximum absolute atomic E-state index is 13.7. The number of hydrogen-bond acceptors (Lipinski definition) is 3. The Morgan fingerprint density at radius 1 is 1.32 bits per heavy atom. The van der Waals surface area contributed by atoms with Crippen molar-refractivity contribution in [2.75, 3.05) is 13.1 Å². The molecule has 4 nitrogen and oxygen atoms in total. The standard InChI is InChI=1S/C19H20ClFN4/c1-24-19-15(5-2-8-22-19)18(23-24)14-4-3-9-25(12-14)11-13-6-7-16(20)17(21)10-13/h2,5-8,10,14H,3-4,9,11-12H2,1H3/t14-/m0/s1. The van der Waals surface area contributed by atoms with E-state index in [4.69, 9.17) is 16.7 Å². The maximum atomic E-state index is 13.7. The lowest BCUT2D eigenvalue weighted by molar-refractivity contribution is 0.198. The van der Waals surface area contributed by atoms with Crippen LogP contribution in [0.1, 0.15) is 30.0 Å². The molecule has 0 saturated carbocycles. The number of aromatic nitrogens is 3. The lowest BCUT2D eigenvalue weighted by Gasteiger charge is -2.32. The number of benzene rings is 1. The quantitative estimate of drug-likeness (QED) is 0.705. The Hall–Kier alpha value is -1.98. The van der Waals surface area contributed by atoms with Crippen molar-refractivity contribution in [3.63, 3.8) is 0 Å². The van der Waals surface area contributed by atoms with E-state index in [1.54, 1.807) is 12.3 Å². The third kappa shape index (κ3) is 3.26. The molecule has 130 valence electrons. The summed E-state index contributed by atoms with van der Waals surface area (Å²) in [7, 11) is 1.94. The third-order valence-electron chi connectivity index (χ3n) is 4.91. The van der Waals surface area contributed by atoms with Crippen LogP contribution in [0.15, 0.2) is 36.5 Å². The summed E-state index contributed by atoms with van der Waals surface area (Å²) in [4.78, 5) is 6.80. The predicted molar refractivity (Wildman–Crippen MR) is 97.2 cm³/mol. The summed E-state index contributed by atoms with van der Waals surface area (Å²) >= 11 is 5.78. The highest BCUT2D eigenvalue weighted by Crippen LogP contribution is 2.31. The van der Waals surface area contributed by atoms with Crippen LogP contribution in [-0.4, -0.2) is 32.8 Å². The molecule has 1 atom stereocenters. The van der Waals surface area contributed by atoms with Gasteiger partial charge < -0.3 is 0 Å². The van der Waals surface area contributed by atoms with E-state index in [9.17, 15) is 4.39 Å². The Morgan fingerprint density at radius 2 is 2.20 bits per heavy atom. The van der Waals surface area contributed by atoms with E-state index in [1.807, 2.05) is 23.9 Å². The van der Waals surface area contributed by atoms with Gasteiger partial charge in [0.25, 0.3) is 0 Å². The van der Waals surface area contributed by atoms with E-state index < -0.39 is 0 Å². The molecule has 1 saturated heterocycles. The molecular formula is C19H20ClFN4. The highest BCUT2D eigenvalue weighted by atomic mass is 35.5. The molecule has 1 aromatic carbocycles. The van der Waals surface area contributed by atoms with E-state index in [-0.39, 0.29) is 10.8 Å². The topological polar surface area (TPSA) is 34.0 Å². The third-order valence-corrected chi connectivity index (χ3v) is 5.22. The number of nitrogens with zero attached hydrogens (tertiary/aromatic N) is 4. The smallest absolute Gasteiger partial charge is 0.157 e. The molecule has 2 aromatic heterocycles. The van der Waals surface area contributed by atoms with Crippen molar-refractivity contribution in [1.29, 1.82) is 0 Å². The zero-order chi connectivity index (χ0) is 17.4. The molecule has 0 bridgehead atoms. The van der Waals surface area contributed by atoms with E-state index in [0.29, 0.717) is 5.92 Å². The van der Waals surface area contributed by atoms with Gasteiger partial charge in [0.05, 0.1) is 10.7 Å². The average Bonchev–Trinajstić information content (AvgIpc) is 2.96. The second kappa shape index (κ2) is 6.73. The number of halogens is 2. The number of rotatable bonds is 3. The lowest BCUT2D eigenvalue weighted by atomic mass is 9.93. The molecule has 0 N–H and O–H groups in total. The Labute approximate surface area is 151 Å². The fraction of sp³-hybridized carbons (Fsp3) is 0.368. The average molecular weight is 359 g/mol. The van der Waals surface area contributed by atoms with E-state index in [2.05, 4.69) is 16.0 Å². The van der Waals surface area contributed by atoms with Gasteiger partial charge in [-0.2, -0.15) is 5.10 Å². The molecule has 0 unspecified atom stereocenters. The lowest BCUT2D eigenvalue weighted by Crippen LogP contribution is -2.34. The summed E-state index contributed by atoms with van der Waals surface area (Å²) in [5, 5.41) is 6.04. The molecule has 6 heteroatoms. The minimum atomic E-state index is -0.352. The van der Waals surface area contributed by atoms with Gasteiger partial charge in [0.1, 0.15) is 5.82 Å². The van der Waals surface area contributed by atoms with Gasteiger partial charge in [-0.3, -0.25) is 9.58 Å². The highest BCUT2D eigenvalue weighted by molar-refractivity contribution is 6.30. The summed E-state index contributed by atoms with van der Waals surface area (Å²) in [6.07, 6.45) is 4.03. The number of pyridine rings is 1. The van der Waals surface area contributed by atoms with Crippen molar-refractivity contribution in [3.8, 4) is 0 Å². The number of hydrogen-bond donors (Lipinski definition) is 0. The highest BCUT2D eigenvalue weighted by Gasteiger charge is 2.25. The first kappa shape index (κ1) is 16.5. The van der Waals surface area contributed by atoms with Gasteiger partial charge in [-0.25, -0.2) is 9.37 Å². The number of likely N-dealkylation sites (tertiary alicyclic amines) is 1. The van der Waals surface area contributed by atoms with Crippen molar-refractivity contribution in [1.82, 2.24) is 19.7 Å². The molecule has 25 heavy (non-hydrogen) atoms. The van der Waals surface area contributed by atoms with Gasteiger partial charge in [0.15, 0.2) is 5.65 Å². The van der Waals surface area contributed by atoms with Crippen LogP contribution in [0, 0.1) is 5.82 Å². The molecule has 1 fully saturated rings. The normalized spacial score (nSPS) is 18.8. The van der Waals surface area contributed by atoms with E-state index in [0.717, 1.165) is 54.8 Å². The summed E-state index contributed by atoms with van der Waals surface area (Å²) < 4.78 is 15.5. The first-order chi connectivity index (χ1) is 12.1. The van der Waals surface area contributed by atoms with Gasteiger partial charge >= 0.3 is 0 Å². The van der Waals surface area contributed by atoms with Crippen LogP contribution in [0.25, 0.3) is 11.0 Å². The van der Waals surface area contributed by atoms with Crippen molar-refractivity contribution >= 4 is 22.6 Å². The first-order valence-corrected chi connectivity index (χ1v) is 8.93. The van der Waals surface area contributed by atoms with Gasteiger partial charge in [0.2, 0.25) is 0 Å². The molecule has 3 heterocycles. The Bertz CT molecular complexity index is 908. The van der Waals surface area contributed by atoms with Gasteiger partial charge in [-0.15, -0.1) is 0 Å². The number of piperidine rings is 1. The van der Waals surface area contributed by atoms with Crippen LogP contribution in [0.2, 0.25) is 5.02 Å². The van der Waals surface area contributed by atoms with Crippen molar-refractivity contribution in [2.24, 2.45) is 7.05 Å². The molecule has 0 amide bonds. The fourth-order valence-electron chi connectivity index (χ4n) is 3.74. The first-order valence-electron chi connectivity index (χ1n) is 8.55. The summed E-state index contributed by atoms with van der Waals surface area (Å²) in [6, 6.07) is 9.12. The monoisotopic (exact) mass is 358 g/mol. The summed E-state index contributed by atoms with van der Waals surface area (Å²) in [6.45, 7) is 2.67. The Balaban J connectivity index is 1.55. The van der Waals surface area contributed by atoms with Crippen LogP contribution < -0.4 is 0 Å². The largest absolute Gasteiger partial charge is 0.298 e. The van der Waals surface area contributed by atoms with Crippen molar-refractivity contribution in [2.45, 2.75) is 25.3 Å². The van der Waals surface area contributed by atoms with E-state index >= 15 is 0 Å². The molecule has 1 aliphatic heterocycles. The number of fused-ring (bicyclic) bond motifs is 1. The van der Waals surface area contributed by atoms with Gasteiger partial charge in [-0.05, 0) is 49.2 Å². The fourth-order valence-corrected chi connectivity index (χ4v) is 3.86. The second-order valence-corrected chi connectivity index (χ2v) is 7.11. The Kier molecular flexibility index (Phi) is 4.44. The molecule has 0 spiro atoms. The predicted octanol–water partition coefficient (Wildman–Crippen LogP) is 4.14. The van der Waals surface area contributed by atoms with Crippen LogP contribution >= 0.6 is 11.6 Å². The van der Waals surface area contributed by atoms with Crippen LogP contribution in [0.3, 0.4) is 0 Å². The molecule has 0 radical (unpaired) electrons. The minimum absolute atomic E-state index is 0.174. The molecule has 0 aliphatic carbocycles. The van der Waals surface area contributed by atoms with Gasteiger partial charge in [-0.1, -0.05) is 17.7 Å². The molecule has 4 rings (SSSR count). The van der Waals surface area contributed by atoms with Crippen LogP contribution in [0.5, 0.6) is 0 Å². The SMILES string of the molecule is Cn1nc([C@H]2CCCN(Cc3ccc(Cl)c(F)c3)C2)c2cccnc21. The minimum Gasteiger partial charge on any atom is -0.298 e. The number of aryl methyl sites for hydroxylation is 1. The second-order valence-electron chi connectivity index (χ2n) is 6.71. The van der Waals surface area contributed by atoms with Crippen molar-refractivity contribution < 1.29 is 4.39 Å².